The molecule has 1 aliphatic heterocycles. The number of benzene rings is 1. The highest BCUT2D eigenvalue weighted by Crippen LogP contribution is 2.21. The lowest BCUT2D eigenvalue weighted by Crippen LogP contribution is -2.33. The van der Waals surface area contributed by atoms with Crippen molar-refractivity contribution in [3.63, 3.8) is 0 Å². The zero-order valence-corrected chi connectivity index (χ0v) is 11.3. The average Bonchev–Trinajstić information content (AvgIpc) is 2.31. The molecule has 0 amide bonds. The Morgan fingerprint density at radius 3 is 2.61 bits per heavy atom. The Balaban J connectivity index is 1.93. The van der Waals surface area contributed by atoms with E-state index in [1.54, 1.807) is 6.07 Å². The molecule has 0 aliphatic carbocycles. The Bertz CT molecular complexity index is 413. The number of likely N-dealkylation sites (tertiary alicyclic amines) is 1. The van der Waals surface area contributed by atoms with E-state index in [2.05, 4.69) is 24.8 Å². The second-order valence-electron chi connectivity index (χ2n) is 5.38. The van der Waals surface area contributed by atoms with E-state index >= 15 is 0 Å². The Morgan fingerprint density at radius 2 is 2.00 bits per heavy atom. The van der Waals surface area contributed by atoms with E-state index < -0.39 is 0 Å². The predicted molar refractivity (Wildman–Crippen MR) is 76.3 cm³/mol. The summed E-state index contributed by atoms with van der Waals surface area (Å²) >= 11 is 0. The Kier molecular flexibility index (Phi) is 4.43. The van der Waals surface area contributed by atoms with Crippen LogP contribution in [0.15, 0.2) is 29.8 Å². The van der Waals surface area contributed by atoms with Crippen molar-refractivity contribution in [2.24, 2.45) is 0 Å². The maximum Gasteiger partial charge on any atom is 0.116 e. The van der Waals surface area contributed by atoms with Gasteiger partial charge in [0.2, 0.25) is 0 Å². The fourth-order valence-corrected chi connectivity index (χ4v) is 2.44. The molecule has 97 valence electrons. The van der Waals surface area contributed by atoms with Gasteiger partial charge in [0.15, 0.2) is 0 Å². The van der Waals surface area contributed by atoms with E-state index in [1.807, 2.05) is 18.2 Å². The summed E-state index contributed by atoms with van der Waals surface area (Å²) in [6.07, 6.45) is 4.51. The molecule has 2 heteroatoms. The molecule has 1 saturated heterocycles. The third-order valence-corrected chi connectivity index (χ3v) is 3.28. The largest absolute Gasteiger partial charge is 0.508 e. The van der Waals surface area contributed by atoms with Gasteiger partial charge in [0.1, 0.15) is 5.75 Å². The predicted octanol–water partition coefficient (Wildman–Crippen LogP) is 3.49. The average molecular weight is 244 g/mol. The normalized spacial score (nSPS) is 17.2. The topological polar surface area (TPSA) is 23.5 Å². The molecule has 18 heavy (non-hydrogen) atoms. The van der Waals surface area contributed by atoms with Gasteiger partial charge in [-0.2, -0.15) is 0 Å². The number of phenols is 1. The van der Waals surface area contributed by atoms with Gasteiger partial charge in [-0.25, -0.2) is 0 Å². The summed E-state index contributed by atoms with van der Waals surface area (Å²) in [6.45, 7) is 7.81. The van der Waals surface area contributed by atoms with Crippen molar-refractivity contribution in [3.8, 4) is 5.75 Å². The molecule has 0 spiro atoms. The minimum atomic E-state index is 0.345. The lowest BCUT2D eigenvalue weighted by molar-refractivity contribution is 0.267. The molecule has 1 aliphatic rings. The monoisotopic (exact) mass is 244 g/mol. The summed E-state index contributed by atoms with van der Waals surface area (Å²) in [4.78, 5) is 2.51. The number of hydrogen-bond acceptors (Lipinski definition) is 2. The number of phenolic OH excluding ortho intramolecular Hbond substituents is 1. The SMILES string of the molecule is C[C](C)CN1CCC(=Cc2cccc(O)c2)CC1. The van der Waals surface area contributed by atoms with Crippen LogP contribution < -0.4 is 0 Å². The van der Waals surface area contributed by atoms with E-state index in [-0.39, 0.29) is 0 Å². The van der Waals surface area contributed by atoms with Gasteiger partial charge >= 0.3 is 0 Å². The van der Waals surface area contributed by atoms with Gasteiger partial charge in [-0.15, -0.1) is 0 Å². The van der Waals surface area contributed by atoms with Crippen LogP contribution in [0.1, 0.15) is 32.3 Å². The molecule has 0 unspecified atom stereocenters. The number of aromatic hydroxyl groups is 1. The molecule has 0 saturated carbocycles. The van der Waals surface area contributed by atoms with Crippen molar-refractivity contribution in [1.29, 1.82) is 0 Å². The van der Waals surface area contributed by atoms with E-state index in [0.717, 1.165) is 38.0 Å². The fraction of sp³-hybridized carbons (Fsp3) is 0.438. The van der Waals surface area contributed by atoms with Crippen molar-refractivity contribution in [2.45, 2.75) is 26.7 Å². The molecule has 1 aromatic carbocycles. The van der Waals surface area contributed by atoms with E-state index in [0.29, 0.717) is 5.75 Å². The van der Waals surface area contributed by atoms with E-state index in [9.17, 15) is 5.11 Å². The third kappa shape index (κ3) is 3.88. The molecule has 0 aromatic heterocycles. The smallest absolute Gasteiger partial charge is 0.116 e. The maximum absolute atomic E-state index is 9.44. The quantitative estimate of drug-likeness (QED) is 0.880. The van der Waals surface area contributed by atoms with Crippen LogP contribution in [0.4, 0.5) is 0 Å². The van der Waals surface area contributed by atoms with Gasteiger partial charge in [0.05, 0.1) is 0 Å². The molecule has 1 radical (unpaired) electrons. The highest BCUT2D eigenvalue weighted by Gasteiger charge is 2.14. The Morgan fingerprint density at radius 1 is 1.28 bits per heavy atom. The first-order valence-electron chi connectivity index (χ1n) is 6.63. The molecular weight excluding hydrogens is 222 g/mol. The van der Waals surface area contributed by atoms with Crippen LogP contribution in [0.5, 0.6) is 5.75 Å². The highest BCUT2D eigenvalue weighted by molar-refractivity contribution is 5.55. The molecule has 1 fully saturated rings. The fourth-order valence-electron chi connectivity index (χ4n) is 2.44. The van der Waals surface area contributed by atoms with Crippen LogP contribution in [0, 0.1) is 5.92 Å². The Hall–Kier alpha value is -1.28. The van der Waals surface area contributed by atoms with Crippen LogP contribution in [-0.2, 0) is 0 Å². The molecule has 0 atom stereocenters. The zero-order chi connectivity index (χ0) is 13.0. The van der Waals surface area contributed by atoms with E-state index in [1.165, 1.54) is 11.5 Å². The molecule has 2 rings (SSSR count). The lowest BCUT2D eigenvalue weighted by Gasteiger charge is -2.29. The van der Waals surface area contributed by atoms with Crippen molar-refractivity contribution in [1.82, 2.24) is 4.90 Å². The second-order valence-corrected chi connectivity index (χ2v) is 5.38. The van der Waals surface area contributed by atoms with Crippen LogP contribution in [0.25, 0.3) is 6.08 Å². The van der Waals surface area contributed by atoms with Gasteiger partial charge in [0, 0.05) is 19.6 Å². The van der Waals surface area contributed by atoms with Crippen LogP contribution in [-0.4, -0.2) is 29.6 Å². The van der Waals surface area contributed by atoms with Crippen LogP contribution in [0.3, 0.4) is 0 Å². The van der Waals surface area contributed by atoms with Crippen molar-refractivity contribution in [3.05, 3.63) is 41.3 Å². The van der Waals surface area contributed by atoms with Gasteiger partial charge in [-0.1, -0.05) is 37.6 Å². The van der Waals surface area contributed by atoms with Crippen LogP contribution in [0.2, 0.25) is 0 Å². The number of rotatable bonds is 3. The van der Waals surface area contributed by atoms with Crippen molar-refractivity contribution >= 4 is 6.08 Å². The van der Waals surface area contributed by atoms with Crippen molar-refractivity contribution < 1.29 is 5.11 Å². The number of piperidine rings is 1. The maximum atomic E-state index is 9.44. The number of nitrogens with zero attached hydrogens (tertiary/aromatic N) is 1. The van der Waals surface area contributed by atoms with E-state index in [4.69, 9.17) is 0 Å². The standard InChI is InChI=1S/C16H22NO/c1-13(2)12-17-8-6-14(7-9-17)10-15-4-3-5-16(18)11-15/h3-5,10-11,18H,6-9,12H2,1-2H3. The summed E-state index contributed by atoms with van der Waals surface area (Å²) in [5.41, 5.74) is 2.60. The minimum absolute atomic E-state index is 0.345. The Labute approximate surface area is 110 Å². The molecule has 2 nitrogen and oxygen atoms in total. The summed E-state index contributed by atoms with van der Waals surface area (Å²) < 4.78 is 0. The lowest BCUT2D eigenvalue weighted by atomic mass is 10.00. The summed E-state index contributed by atoms with van der Waals surface area (Å²) in [7, 11) is 0. The van der Waals surface area contributed by atoms with Gasteiger partial charge < -0.3 is 10.0 Å². The van der Waals surface area contributed by atoms with Crippen LogP contribution >= 0.6 is 0 Å². The molecule has 1 heterocycles. The van der Waals surface area contributed by atoms with Gasteiger partial charge in [0.25, 0.3) is 0 Å². The first kappa shape index (κ1) is 13.2. The third-order valence-electron chi connectivity index (χ3n) is 3.28. The van der Waals surface area contributed by atoms with Gasteiger partial charge in [-0.05, 0) is 36.5 Å². The van der Waals surface area contributed by atoms with Gasteiger partial charge in [-0.3, -0.25) is 0 Å². The molecule has 0 bridgehead atoms. The molecule has 1 aromatic rings. The first-order chi connectivity index (χ1) is 8.63. The molecular formula is C16H22NO. The van der Waals surface area contributed by atoms with Crippen molar-refractivity contribution in [2.75, 3.05) is 19.6 Å². The second kappa shape index (κ2) is 6.05. The zero-order valence-electron chi connectivity index (χ0n) is 11.3. The summed E-state index contributed by atoms with van der Waals surface area (Å²) in [5.74, 6) is 1.83. The highest BCUT2D eigenvalue weighted by atomic mass is 16.3. The molecule has 1 N–H and O–H groups in total. The summed E-state index contributed by atoms with van der Waals surface area (Å²) in [6, 6.07) is 7.48. The number of hydrogen-bond donors (Lipinski definition) is 1. The first-order valence-corrected chi connectivity index (χ1v) is 6.63. The minimum Gasteiger partial charge on any atom is -0.508 e. The summed E-state index contributed by atoms with van der Waals surface area (Å²) in [5, 5.41) is 9.44.